The summed E-state index contributed by atoms with van der Waals surface area (Å²) >= 11 is 0.750. The lowest BCUT2D eigenvalue weighted by molar-refractivity contribution is -0.150. The Bertz CT molecular complexity index is 1090. The van der Waals surface area contributed by atoms with E-state index in [0.29, 0.717) is 29.2 Å². The lowest BCUT2D eigenvalue weighted by Crippen LogP contribution is -2.42. The van der Waals surface area contributed by atoms with Gasteiger partial charge in [0.2, 0.25) is 0 Å². The van der Waals surface area contributed by atoms with Crippen molar-refractivity contribution in [2.24, 2.45) is 0 Å². The number of thioether (sulfide) groups is 1. The van der Waals surface area contributed by atoms with Crippen LogP contribution in [0.25, 0.3) is 6.08 Å². The average molecular weight is 474 g/mol. The Morgan fingerprint density at radius 1 is 1.09 bits per heavy atom. The van der Waals surface area contributed by atoms with E-state index < -0.39 is 23.2 Å². The maximum absolute atomic E-state index is 13.9. The second-order valence-corrected chi connectivity index (χ2v) is 7.99. The topological polar surface area (TPSA) is 82.1 Å². The Labute approximate surface area is 195 Å². The number of carbonyl (C=O) groups is 3. The number of carbonyl (C=O) groups excluding carboxylic acids is 3. The lowest BCUT2D eigenvalue weighted by Gasteiger charge is -2.19. The molecule has 1 heterocycles. The summed E-state index contributed by atoms with van der Waals surface area (Å²) in [5.41, 5.74) is 1.01. The Morgan fingerprint density at radius 2 is 1.85 bits per heavy atom. The Kier molecular flexibility index (Phi) is 8.11. The van der Waals surface area contributed by atoms with Crippen LogP contribution in [0.2, 0.25) is 0 Å². The van der Waals surface area contributed by atoms with E-state index >= 15 is 0 Å². The van der Waals surface area contributed by atoms with Crippen molar-refractivity contribution in [1.29, 1.82) is 0 Å². The van der Waals surface area contributed by atoms with Crippen LogP contribution in [0.1, 0.15) is 31.9 Å². The van der Waals surface area contributed by atoms with Gasteiger partial charge in [-0.15, -0.1) is 0 Å². The maximum Gasteiger partial charge on any atom is 0.329 e. The molecule has 3 rings (SSSR count). The van der Waals surface area contributed by atoms with Gasteiger partial charge in [-0.05, 0) is 62.4 Å². The van der Waals surface area contributed by atoms with Gasteiger partial charge in [0.25, 0.3) is 11.1 Å². The second-order valence-electron chi connectivity index (χ2n) is 7.00. The fourth-order valence-electron chi connectivity index (χ4n) is 3.11. The van der Waals surface area contributed by atoms with E-state index in [0.717, 1.165) is 16.7 Å². The van der Waals surface area contributed by atoms with Gasteiger partial charge in [-0.25, -0.2) is 9.18 Å². The number of imide groups is 1. The largest absolute Gasteiger partial charge is 0.490 e. The molecule has 33 heavy (non-hydrogen) atoms. The SMILES string of the molecule is CCOC(=O)[C@H](C)N1C(=O)S/C(=C/c2ccc(OCc3ccccc3F)c(OCC)c2)C1=O. The van der Waals surface area contributed by atoms with Crippen LogP contribution in [-0.2, 0) is 20.9 Å². The van der Waals surface area contributed by atoms with E-state index in [9.17, 15) is 18.8 Å². The number of halogens is 1. The van der Waals surface area contributed by atoms with E-state index in [1.165, 1.54) is 13.0 Å². The number of hydrogen-bond acceptors (Lipinski definition) is 7. The highest BCUT2D eigenvalue weighted by molar-refractivity contribution is 8.18. The Balaban J connectivity index is 1.80. The average Bonchev–Trinajstić information content (AvgIpc) is 3.06. The summed E-state index contributed by atoms with van der Waals surface area (Å²) < 4.78 is 30.2. The van der Waals surface area contributed by atoms with Crippen molar-refractivity contribution < 1.29 is 33.0 Å². The molecule has 0 aliphatic carbocycles. The number of ether oxygens (including phenoxy) is 3. The summed E-state index contributed by atoms with van der Waals surface area (Å²) in [4.78, 5) is 38.2. The molecule has 174 valence electrons. The number of benzene rings is 2. The van der Waals surface area contributed by atoms with Crippen LogP contribution in [0.3, 0.4) is 0 Å². The maximum atomic E-state index is 13.9. The van der Waals surface area contributed by atoms with Crippen LogP contribution in [0.5, 0.6) is 11.5 Å². The molecule has 1 atom stereocenters. The Morgan fingerprint density at radius 3 is 2.55 bits per heavy atom. The van der Waals surface area contributed by atoms with Crippen LogP contribution >= 0.6 is 11.8 Å². The van der Waals surface area contributed by atoms with Crippen molar-refractivity contribution in [2.75, 3.05) is 13.2 Å². The molecular weight excluding hydrogens is 449 g/mol. The molecule has 2 aromatic rings. The van der Waals surface area contributed by atoms with Gasteiger partial charge in [-0.3, -0.25) is 14.5 Å². The highest BCUT2D eigenvalue weighted by atomic mass is 32.2. The summed E-state index contributed by atoms with van der Waals surface area (Å²) in [7, 11) is 0. The number of rotatable bonds is 9. The van der Waals surface area contributed by atoms with E-state index in [4.69, 9.17) is 14.2 Å². The first kappa shape index (κ1) is 24.3. The molecule has 0 bridgehead atoms. The third kappa shape index (κ3) is 5.73. The normalized spacial score (nSPS) is 15.6. The van der Waals surface area contributed by atoms with Crippen molar-refractivity contribution in [2.45, 2.75) is 33.4 Å². The first-order valence-electron chi connectivity index (χ1n) is 10.4. The molecule has 7 nitrogen and oxygen atoms in total. The fraction of sp³-hybridized carbons (Fsp3) is 0.292. The monoisotopic (exact) mass is 473 g/mol. The van der Waals surface area contributed by atoms with Gasteiger partial charge < -0.3 is 14.2 Å². The minimum absolute atomic E-state index is 0.0245. The number of nitrogens with zero attached hydrogens (tertiary/aromatic N) is 1. The zero-order chi connectivity index (χ0) is 24.0. The molecule has 2 amide bonds. The molecule has 9 heteroatoms. The quantitative estimate of drug-likeness (QED) is 0.382. The number of hydrogen-bond donors (Lipinski definition) is 0. The van der Waals surface area contributed by atoms with Crippen LogP contribution in [0.4, 0.5) is 9.18 Å². The molecule has 0 aromatic heterocycles. The Hall–Kier alpha value is -3.33. The molecule has 0 radical (unpaired) electrons. The first-order valence-corrected chi connectivity index (χ1v) is 11.2. The van der Waals surface area contributed by atoms with Crippen molar-refractivity contribution in [3.63, 3.8) is 0 Å². The summed E-state index contributed by atoms with van der Waals surface area (Å²) in [6.07, 6.45) is 1.55. The molecule has 0 spiro atoms. The third-order valence-electron chi connectivity index (χ3n) is 4.74. The van der Waals surface area contributed by atoms with E-state index in [1.807, 2.05) is 6.92 Å². The van der Waals surface area contributed by atoms with Crippen molar-refractivity contribution in [1.82, 2.24) is 4.90 Å². The molecule has 0 saturated carbocycles. The van der Waals surface area contributed by atoms with E-state index in [1.54, 1.807) is 49.4 Å². The summed E-state index contributed by atoms with van der Waals surface area (Å²) in [5, 5.41) is -0.540. The summed E-state index contributed by atoms with van der Waals surface area (Å²) in [6.45, 7) is 5.46. The van der Waals surface area contributed by atoms with Crippen molar-refractivity contribution in [3.8, 4) is 11.5 Å². The number of esters is 1. The lowest BCUT2D eigenvalue weighted by atomic mass is 10.1. The second kappa shape index (κ2) is 11.0. The zero-order valence-corrected chi connectivity index (χ0v) is 19.3. The molecule has 1 saturated heterocycles. The van der Waals surface area contributed by atoms with Crippen LogP contribution in [0.15, 0.2) is 47.4 Å². The summed E-state index contributed by atoms with van der Waals surface area (Å²) in [6, 6.07) is 10.3. The van der Waals surface area contributed by atoms with Crippen LogP contribution < -0.4 is 9.47 Å². The van der Waals surface area contributed by atoms with Gasteiger partial charge in [0.1, 0.15) is 18.5 Å². The van der Waals surface area contributed by atoms with Gasteiger partial charge in [-0.2, -0.15) is 0 Å². The molecule has 1 aliphatic heterocycles. The van der Waals surface area contributed by atoms with Crippen LogP contribution in [-0.4, -0.2) is 41.3 Å². The number of amides is 2. The predicted molar refractivity (Wildman–Crippen MR) is 122 cm³/mol. The standard InChI is InChI=1S/C24H24FNO6S/c1-4-30-20-12-16(10-11-19(20)32-14-17-8-6-7-9-18(17)25)13-21-22(27)26(24(29)33-21)15(3)23(28)31-5-2/h6-13,15H,4-5,14H2,1-3H3/b21-13+/t15-/m0/s1. The van der Waals surface area contributed by atoms with E-state index in [2.05, 4.69) is 0 Å². The molecule has 0 unspecified atom stereocenters. The third-order valence-corrected chi connectivity index (χ3v) is 5.63. The molecule has 1 aliphatic rings. The van der Waals surface area contributed by atoms with Gasteiger partial charge in [0.05, 0.1) is 18.1 Å². The fourth-order valence-corrected chi connectivity index (χ4v) is 4.01. The molecule has 1 fully saturated rings. The van der Waals surface area contributed by atoms with Gasteiger partial charge in [0.15, 0.2) is 11.5 Å². The minimum atomic E-state index is -1.02. The highest BCUT2D eigenvalue weighted by Gasteiger charge is 2.41. The van der Waals surface area contributed by atoms with E-state index in [-0.39, 0.29) is 23.9 Å². The van der Waals surface area contributed by atoms with Gasteiger partial charge in [0, 0.05) is 5.56 Å². The predicted octanol–water partition coefficient (Wildman–Crippen LogP) is 4.79. The summed E-state index contributed by atoms with van der Waals surface area (Å²) in [5.74, 6) is -0.734. The smallest absolute Gasteiger partial charge is 0.329 e. The highest BCUT2D eigenvalue weighted by Crippen LogP contribution is 2.36. The minimum Gasteiger partial charge on any atom is -0.490 e. The molecule has 2 aromatic carbocycles. The van der Waals surface area contributed by atoms with Gasteiger partial charge >= 0.3 is 5.97 Å². The van der Waals surface area contributed by atoms with Crippen LogP contribution in [0, 0.1) is 5.82 Å². The molecule has 0 N–H and O–H groups in total. The van der Waals surface area contributed by atoms with Crippen molar-refractivity contribution in [3.05, 3.63) is 64.3 Å². The molecular formula is C24H24FNO6S. The first-order chi connectivity index (χ1) is 15.8. The zero-order valence-electron chi connectivity index (χ0n) is 18.5. The van der Waals surface area contributed by atoms with Crippen molar-refractivity contribution >= 4 is 35.0 Å². The van der Waals surface area contributed by atoms with Gasteiger partial charge in [-0.1, -0.05) is 24.3 Å².